The van der Waals surface area contributed by atoms with Gasteiger partial charge in [0, 0.05) is 11.3 Å². The van der Waals surface area contributed by atoms with Gasteiger partial charge in [-0.25, -0.2) is 0 Å². The summed E-state index contributed by atoms with van der Waals surface area (Å²) >= 11 is 0. The Kier molecular flexibility index (Phi) is 3.02. The average molecular weight is 206 g/mol. The summed E-state index contributed by atoms with van der Waals surface area (Å²) in [4.78, 5) is 0. The van der Waals surface area contributed by atoms with Crippen LogP contribution in [0.3, 0.4) is 0 Å². The van der Waals surface area contributed by atoms with Crippen molar-refractivity contribution in [2.24, 2.45) is 0 Å². The molecule has 2 saturated heterocycles. The first kappa shape index (κ1) is 9.34. The standard InChI is InChI=1S/C8H16O2P2/c1-11-5-9-3-7(11)8-4-10-6-12(8)2/h7-8H,3-6H2,1-2H3/t7-,8-,11-,12-/m1/s1. The third kappa shape index (κ3) is 1.68. The van der Waals surface area contributed by atoms with E-state index in [9.17, 15) is 0 Å². The summed E-state index contributed by atoms with van der Waals surface area (Å²) in [5, 5.41) is 0. The van der Waals surface area contributed by atoms with Crippen molar-refractivity contribution in [2.45, 2.75) is 11.3 Å². The topological polar surface area (TPSA) is 18.5 Å². The molecule has 0 N–H and O–H groups in total. The molecule has 0 saturated carbocycles. The van der Waals surface area contributed by atoms with E-state index in [1.165, 1.54) is 0 Å². The summed E-state index contributed by atoms with van der Waals surface area (Å²) in [6, 6.07) is 0. The van der Waals surface area contributed by atoms with Crippen molar-refractivity contribution < 1.29 is 9.47 Å². The predicted octanol–water partition coefficient (Wildman–Crippen LogP) is 1.92. The van der Waals surface area contributed by atoms with Crippen LogP contribution in [0, 0.1) is 0 Å². The van der Waals surface area contributed by atoms with Crippen molar-refractivity contribution in [1.82, 2.24) is 0 Å². The van der Waals surface area contributed by atoms with E-state index in [1.807, 2.05) is 0 Å². The molecule has 2 nitrogen and oxygen atoms in total. The fourth-order valence-corrected chi connectivity index (χ4v) is 6.49. The molecule has 0 bridgehead atoms. The lowest BCUT2D eigenvalue weighted by molar-refractivity contribution is 0.179. The number of hydrogen-bond acceptors (Lipinski definition) is 2. The van der Waals surface area contributed by atoms with Crippen molar-refractivity contribution in [3.63, 3.8) is 0 Å². The molecular formula is C8H16O2P2. The van der Waals surface area contributed by atoms with E-state index < -0.39 is 0 Å². The Hall–Kier alpha value is 0.780. The van der Waals surface area contributed by atoms with Crippen molar-refractivity contribution in [1.29, 1.82) is 0 Å². The van der Waals surface area contributed by atoms with Crippen LogP contribution in [0.25, 0.3) is 0 Å². The maximum Gasteiger partial charge on any atom is 0.0660 e. The minimum atomic E-state index is 0.148. The smallest absolute Gasteiger partial charge is 0.0660 e. The summed E-state index contributed by atoms with van der Waals surface area (Å²) in [6.07, 6.45) is 2.05. The molecule has 2 heterocycles. The van der Waals surface area contributed by atoms with Gasteiger partial charge in [-0.3, -0.25) is 0 Å². The van der Waals surface area contributed by atoms with Crippen molar-refractivity contribution in [3.05, 3.63) is 0 Å². The number of rotatable bonds is 1. The molecular weight excluding hydrogens is 190 g/mol. The minimum absolute atomic E-state index is 0.148. The molecule has 2 aliphatic heterocycles. The summed E-state index contributed by atoms with van der Waals surface area (Å²) in [6.45, 7) is 6.74. The number of ether oxygens (including phenoxy) is 2. The summed E-state index contributed by atoms with van der Waals surface area (Å²) < 4.78 is 11.0. The molecule has 12 heavy (non-hydrogen) atoms. The highest BCUT2D eigenvalue weighted by Gasteiger charge is 2.37. The Labute approximate surface area is 76.5 Å². The van der Waals surface area contributed by atoms with Crippen LogP contribution >= 0.6 is 15.8 Å². The van der Waals surface area contributed by atoms with Crippen LogP contribution in [-0.2, 0) is 9.47 Å². The van der Waals surface area contributed by atoms with Crippen LogP contribution in [0.15, 0.2) is 0 Å². The first-order valence-electron chi connectivity index (χ1n) is 4.35. The molecule has 70 valence electrons. The normalized spacial score (nSPS) is 48.5. The van der Waals surface area contributed by atoms with Gasteiger partial charge in [0.05, 0.1) is 25.9 Å². The van der Waals surface area contributed by atoms with E-state index in [-0.39, 0.29) is 15.8 Å². The van der Waals surface area contributed by atoms with E-state index in [1.54, 1.807) is 0 Å². The van der Waals surface area contributed by atoms with Crippen LogP contribution < -0.4 is 0 Å². The van der Waals surface area contributed by atoms with Gasteiger partial charge in [-0.15, -0.1) is 0 Å². The highest BCUT2D eigenvalue weighted by molar-refractivity contribution is 7.62. The van der Waals surface area contributed by atoms with Gasteiger partial charge in [-0.2, -0.15) is 0 Å². The molecule has 0 aromatic rings. The molecule has 0 spiro atoms. The molecule has 0 unspecified atom stereocenters. The molecule has 4 heteroatoms. The Balaban J connectivity index is 1.98. The second kappa shape index (κ2) is 3.88. The molecule has 2 fully saturated rings. The maximum atomic E-state index is 5.51. The van der Waals surface area contributed by atoms with Gasteiger partial charge < -0.3 is 9.47 Å². The summed E-state index contributed by atoms with van der Waals surface area (Å²) in [5.74, 6) is 0. The fraction of sp³-hybridized carbons (Fsp3) is 1.00. The fourth-order valence-electron chi connectivity index (χ4n) is 1.89. The lowest BCUT2D eigenvalue weighted by atomic mass is 10.3. The molecule has 0 amide bonds. The SMILES string of the molecule is C[P@]1COC[C@@H]1[C@H]1COC[P@@]1C. The van der Waals surface area contributed by atoms with Gasteiger partial charge in [0.2, 0.25) is 0 Å². The Morgan fingerprint density at radius 1 is 0.917 bits per heavy atom. The van der Waals surface area contributed by atoms with Crippen LogP contribution in [0.1, 0.15) is 0 Å². The van der Waals surface area contributed by atoms with Gasteiger partial charge >= 0.3 is 0 Å². The lowest BCUT2D eigenvalue weighted by Gasteiger charge is -2.23. The van der Waals surface area contributed by atoms with Crippen LogP contribution in [0.2, 0.25) is 0 Å². The minimum Gasteiger partial charge on any atom is -0.376 e. The third-order valence-electron chi connectivity index (χ3n) is 2.74. The Bertz CT molecular complexity index is 147. The van der Waals surface area contributed by atoms with E-state index in [4.69, 9.17) is 9.47 Å². The van der Waals surface area contributed by atoms with Crippen LogP contribution in [-0.4, -0.2) is 50.6 Å². The van der Waals surface area contributed by atoms with E-state index in [2.05, 4.69) is 13.3 Å². The van der Waals surface area contributed by atoms with Gasteiger partial charge in [0.1, 0.15) is 0 Å². The van der Waals surface area contributed by atoms with Crippen molar-refractivity contribution in [2.75, 3.05) is 39.2 Å². The zero-order valence-corrected chi connectivity index (χ0v) is 9.48. The highest BCUT2D eigenvalue weighted by Crippen LogP contribution is 2.55. The third-order valence-corrected chi connectivity index (χ3v) is 7.44. The molecule has 0 aromatic heterocycles. The van der Waals surface area contributed by atoms with Crippen LogP contribution in [0.5, 0.6) is 0 Å². The lowest BCUT2D eigenvalue weighted by Crippen LogP contribution is -2.23. The van der Waals surface area contributed by atoms with Gasteiger partial charge in [0.15, 0.2) is 0 Å². The zero-order chi connectivity index (χ0) is 8.55. The predicted molar refractivity (Wildman–Crippen MR) is 54.9 cm³/mol. The maximum absolute atomic E-state index is 5.51. The van der Waals surface area contributed by atoms with Crippen LogP contribution in [0.4, 0.5) is 0 Å². The quantitative estimate of drug-likeness (QED) is 0.610. The molecule has 2 aliphatic rings. The van der Waals surface area contributed by atoms with Crippen molar-refractivity contribution >= 4 is 15.8 Å². The molecule has 2 rings (SSSR count). The van der Waals surface area contributed by atoms with Gasteiger partial charge in [-0.1, -0.05) is 15.8 Å². The second-order valence-electron chi connectivity index (χ2n) is 3.65. The first-order valence-corrected chi connectivity index (χ1v) is 8.43. The van der Waals surface area contributed by atoms with E-state index in [0.29, 0.717) is 0 Å². The zero-order valence-electron chi connectivity index (χ0n) is 7.69. The van der Waals surface area contributed by atoms with Gasteiger partial charge in [-0.05, 0) is 13.3 Å². The monoisotopic (exact) mass is 206 g/mol. The second-order valence-corrected chi connectivity index (χ2v) is 8.52. The summed E-state index contributed by atoms with van der Waals surface area (Å²) in [7, 11) is 0.296. The molecule has 0 aromatic carbocycles. The largest absolute Gasteiger partial charge is 0.376 e. The number of hydrogen-bond donors (Lipinski definition) is 0. The molecule has 0 radical (unpaired) electrons. The summed E-state index contributed by atoms with van der Waals surface area (Å²) in [5.41, 5.74) is 1.69. The molecule has 0 aliphatic carbocycles. The van der Waals surface area contributed by atoms with E-state index >= 15 is 0 Å². The Morgan fingerprint density at radius 3 is 1.58 bits per heavy atom. The molecule has 4 atom stereocenters. The average Bonchev–Trinajstić information content (AvgIpc) is 2.59. The van der Waals surface area contributed by atoms with E-state index in [0.717, 1.165) is 37.2 Å². The Morgan fingerprint density at radius 2 is 1.33 bits per heavy atom. The first-order chi connectivity index (χ1) is 5.79. The van der Waals surface area contributed by atoms with Gasteiger partial charge in [0.25, 0.3) is 0 Å². The highest BCUT2D eigenvalue weighted by atomic mass is 31.1. The van der Waals surface area contributed by atoms with Crippen molar-refractivity contribution in [3.8, 4) is 0 Å².